The third-order valence-corrected chi connectivity index (χ3v) is 10.8. The molecule has 322 valence electrons. The van der Waals surface area contributed by atoms with Crippen LogP contribution < -0.4 is 16.0 Å². The molecule has 0 saturated heterocycles. The van der Waals surface area contributed by atoms with E-state index in [0.717, 1.165) is 25.5 Å². The lowest BCUT2D eigenvalue weighted by atomic mass is 10.2. The number of hydrogen-bond acceptors (Lipinski definition) is 15. The first kappa shape index (κ1) is 43.2. The van der Waals surface area contributed by atoms with E-state index in [0.29, 0.717) is 59.3 Å². The van der Waals surface area contributed by atoms with Crippen molar-refractivity contribution in [1.29, 1.82) is 0 Å². The Bertz CT molecular complexity index is 2960. The Labute approximate surface area is 390 Å². The molecule has 0 radical (unpaired) electrons. The summed E-state index contributed by atoms with van der Waals surface area (Å²) in [6.45, 7) is 3.41. The summed E-state index contributed by atoms with van der Waals surface area (Å²) < 4.78 is 12.1. The minimum Gasteiger partial charge on any atom is -0.372 e. The van der Waals surface area contributed by atoms with Gasteiger partial charge in [-0.05, 0) is 96.7 Å². The van der Waals surface area contributed by atoms with E-state index in [9.17, 15) is 0 Å². The molecule has 0 atom stereocenters. The minimum absolute atomic E-state index is 0.467. The van der Waals surface area contributed by atoms with E-state index in [1.807, 2.05) is 80.1 Å². The van der Waals surface area contributed by atoms with Crippen molar-refractivity contribution in [1.82, 2.24) is 88.6 Å². The molecule has 0 bridgehead atoms. The number of hydrogen-bond donors (Lipinski definition) is 3. The Morgan fingerprint density at radius 3 is 1.11 bits per heavy atom. The van der Waals surface area contributed by atoms with Crippen LogP contribution in [0, 0.1) is 0 Å². The van der Waals surface area contributed by atoms with Crippen molar-refractivity contribution >= 4 is 65.2 Å². The van der Waals surface area contributed by atoms with Crippen LogP contribution in [0.1, 0.15) is 12.5 Å². The fourth-order valence-corrected chi connectivity index (χ4v) is 7.28. The second-order valence-corrected chi connectivity index (χ2v) is 15.2. The number of aromatic nitrogens is 18. The second-order valence-electron chi connectivity index (χ2n) is 12.9. The average Bonchev–Trinajstić information content (AvgIpc) is 4.19. The number of nitrogens with zero attached hydrogens (tertiary/aromatic N) is 18. The van der Waals surface area contributed by atoms with Gasteiger partial charge < -0.3 is 16.0 Å². The highest BCUT2D eigenvalue weighted by molar-refractivity contribution is 9.11. The van der Waals surface area contributed by atoms with Crippen molar-refractivity contribution < 1.29 is 0 Å². The average molecular weight is 1050 g/mol. The summed E-state index contributed by atoms with van der Waals surface area (Å²) in [5.74, 6) is 5.43. The maximum atomic E-state index is 4.59. The summed E-state index contributed by atoms with van der Waals surface area (Å²) in [4.78, 5) is 27.0. The van der Waals surface area contributed by atoms with Crippen molar-refractivity contribution in [2.24, 2.45) is 0 Å². The van der Waals surface area contributed by atoms with Gasteiger partial charge in [0.25, 0.3) is 17.8 Å². The molecule has 0 amide bonds. The number of rotatable bonds is 12. The first-order valence-corrected chi connectivity index (χ1v) is 21.7. The smallest absolute Gasteiger partial charge is 0.254 e. The quantitative estimate of drug-likeness (QED) is 0.113. The van der Waals surface area contributed by atoms with Crippen LogP contribution in [0.5, 0.6) is 0 Å². The van der Waals surface area contributed by atoms with Gasteiger partial charge in [-0.1, -0.05) is 30.3 Å². The molecule has 9 aromatic heterocycles. The zero-order chi connectivity index (χ0) is 44.3. The van der Waals surface area contributed by atoms with Crippen molar-refractivity contribution in [2.45, 2.75) is 13.5 Å². The van der Waals surface area contributed by atoms with E-state index in [1.54, 1.807) is 90.9 Å². The minimum atomic E-state index is 0.467. The van der Waals surface area contributed by atoms with Gasteiger partial charge in [0.15, 0.2) is 17.5 Å². The standard InChI is InChI=1S/C17H14BrN7.C12H12BrN7.C11H10BrN7/c18-14-15(19-12-13-6-2-1-3-7-13)22-17(25-11-5-9-21-25)23-16(14)24-10-4-8-20-24;1-2-14-10-9(13)11(19-7-3-5-15-19)18-12(17-10)20-8-4-6-16-20;1-13-9-8(12)10(18-6-2-4-14-18)17-11(16-9)19-7-3-5-15-19/h1-11H,12H2,(H,19,22,23);3-8H,2H2,1H3,(H,14,17,18);2-7H,1H3,(H,13,16,17). The van der Waals surface area contributed by atoms with Crippen LogP contribution in [0.2, 0.25) is 0 Å². The molecule has 3 N–H and O–H groups in total. The van der Waals surface area contributed by atoms with Gasteiger partial charge in [-0.15, -0.1) is 0 Å². The van der Waals surface area contributed by atoms with Crippen molar-refractivity contribution in [2.75, 3.05) is 29.5 Å². The Kier molecular flexibility index (Phi) is 13.9. The third kappa shape index (κ3) is 10.1. The van der Waals surface area contributed by atoms with Gasteiger partial charge in [-0.25, -0.2) is 28.1 Å². The van der Waals surface area contributed by atoms with Crippen LogP contribution in [0.3, 0.4) is 0 Å². The summed E-state index contributed by atoms with van der Waals surface area (Å²) in [6.07, 6.45) is 21.0. The highest BCUT2D eigenvalue weighted by Gasteiger charge is 2.18. The lowest BCUT2D eigenvalue weighted by molar-refractivity contribution is 0.770. The zero-order valence-corrected chi connectivity index (χ0v) is 38.6. The molecule has 0 unspecified atom stereocenters. The normalized spacial score (nSPS) is 10.7. The lowest BCUT2D eigenvalue weighted by Crippen LogP contribution is -2.12. The van der Waals surface area contributed by atoms with E-state index >= 15 is 0 Å². The number of anilines is 3. The molecule has 0 aliphatic rings. The molecule has 0 saturated carbocycles. The molecule has 1 aromatic carbocycles. The topological polar surface area (TPSA) is 220 Å². The van der Waals surface area contributed by atoms with Gasteiger partial charge in [-0.2, -0.15) is 60.5 Å². The van der Waals surface area contributed by atoms with Gasteiger partial charge in [0.2, 0.25) is 0 Å². The van der Waals surface area contributed by atoms with Gasteiger partial charge >= 0.3 is 0 Å². The number of nitrogens with one attached hydrogen (secondary N) is 3. The van der Waals surface area contributed by atoms with Gasteiger partial charge in [0.1, 0.15) is 30.9 Å². The zero-order valence-electron chi connectivity index (χ0n) is 33.9. The van der Waals surface area contributed by atoms with E-state index < -0.39 is 0 Å². The molecule has 10 aromatic rings. The van der Waals surface area contributed by atoms with Crippen molar-refractivity contribution in [3.8, 4) is 35.3 Å². The molecule has 64 heavy (non-hydrogen) atoms. The monoisotopic (exact) mass is 1050 g/mol. The first-order chi connectivity index (χ1) is 31.4. The van der Waals surface area contributed by atoms with Crippen LogP contribution in [-0.2, 0) is 6.54 Å². The molecule has 0 spiro atoms. The van der Waals surface area contributed by atoms with Crippen molar-refractivity contribution in [3.63, 3.8) is 0 Å². The Hall–Kier alpha value is -7.44. The molecular formula is C40H36Br3N21. The largest absolute Gasteiger partial charge is 0.372 e. The fraction of sp³-hybridized carbons (Fsp3) is 0.100. The SMILES string of the molecule is Brc1c(NCc2ccccc2)nc(-n2cccn2)nc1-n1cccn1.CCNc1nc(-n2cccn2)nc(-n2cccn2)c1Br.CNc1nc(-n2cccn2)nc(-n2cccn2)c1Br. The van der Waals surface area contributed by atoms with Crippen LogP contribution in [0.25, 0.3) is 35.3 Å². The molecule has 21 nitrogen and oxygen atoms in total. The molecule has 0 fully saturated rings. The van der Waals surface area contributed by atoms with Gasteiger partial charge in [0.05, 0.1) is 0 Å². The first-order valence-electron chi connectivity index (χ1n) is 19.3. The van der Waals surface area contributed by atoms with Crippen LogP contribution >= 0.6 is 47.8 Å². The molecule has 0 aliphatic carbocycles. The summed E-state index contributed by atoms with van der Waals surface area (Å²) >= 11 is 10.6. The molecule has 9 heterocycles. The Morgan fingerprint density at radius 1 is 0.422 bits per heavy atom. The van der Waals surface area contributed by atoms with Crippen LogP contribution in [0.15, 0.2) is 155 Å². The Balaban J connectivity index is 0.000000133. The maximum Gasteiger partial charge on any atom is 0.254 e. The predicted octanol–water partition coefficient (Wildman–Crippen LogP) is 6.92. The highest BCUT2D eigenvalue weighted by Crippen LogP contribution is 2.29. The molecule has 24 heteroatoms. The summed E-state index contributed by atoms with van der Waals surface area (Å²) in [6, 6.07) is 21.1. The third-order valence-electron chi connectivity index (χ3n) is 8.64. The summed E-state index contributed by atoms with van der Waals surface area (Å²) in [5, 5.41) is 34.7. The van der Waals surface area contributed by atoms with Crippen LogP contribution in [-0.4, -0.2) is 102 Å². The maximum absolute atomic E-state index is 4.59. The molecular weight excluding hydrogens is 1010 g/mol. The fourth-order valence-electron chi connectivity index (χ4n) is 5.73. The summed E-state index contributed by atoms with van der Waals surface area (Å²) in [5.41, 5.74) is 1.16. The molecule has 0 aliphatic heterocycles. The number of benzene rings is 1. The predicted molar refractivity (Wildman–Crippen MR) is 249 cm³/mol. The Morgan fingerprint density at radius 2 is 0.766 bits per heavy atom. The van der Waals surface area contributed by atoms with E-state index in [1.165, 1.54) is 0 Å². The molecule has 10 rings (SSSR count). The van der Waals surface area contributed by atoms with E-state index in [2.05, 4.69) is 136 Å². The van der Waals surface area contributed by atoms with Gasteiger partial charge in [-0.3, -0.25) is 0 Å². The van der Waals surface area contributed by atoms with E-state index in [4.69, 9.17) is 0 Å². The van der Waals surface area contributed by atoms with Gasteiger partial charge in [0, 0.05) is 94.5 Å². The number of halogens is 3. The highest BCUT2D eigenvalue weighted by atomic mass is 79.9. The van der Waals surface area contributed by atoms with Crippen LogP contribution in [0.4, 0.5) is 17.5 Å². The second kappa shape index (κ2) is 20.6. The lowest BCUT2D eigenvalue weighted by Gasteiger charge is -2.13. The summed E-state index contributed by atoms with van der Waals surface area (Å²) in [7, 11) is 1.80. The van der Waals surface area contributed by atoms with Crippen molar-refractivity contribution in [3.05, 3.63) is 160 Å². The van der Waals surface area contributed by atoms with E-state index in [-0.39, 0.29) is 0 Å².